The Morgan fingerprint density at radius 2 is 1.75 bits per heavy atom. The molecular weight excluding hydrogens is 506 g/mol. The molecule has 1 amide bonds. The fourth-order valence-corrected chi connectivity index (χ4v) is 5.64. The number of amides is 1. The number of nitrogens with zero attached hydrogens (tertiary/aromatic N) is 2. The molecule has 4 rings (SSSR count). The Kier molecular flexibility index (Phi) is 6.82. The van der Waals surface area contributed by atoms with E-state index in [0.717, 1.165) is 9.01 Å². The van der Waals surface area contributed by atoms with E-state index < -0.39 is 20.9 Å². The molecule has 0 saturated heterocycles. The third-order valence-electron chi connectivity index (χ3n) is 5.42. The van der Waals surface area contributed by atoms with Crippen molar-refractivity contribution in [2.45, 2.75) is 4.90 Å². The number of sulfonamides is 1. The first-order valence-electron chi connectivity index (χ1n) is 10.4. The van der Waals surface area contributed by atoms with Gasteiger partial charge in [-0.2, -0.15) is 0 Å². The summed E-state index contributed by atoms with van der Waals surface area (Å²) in [6.07, 6.45) is 0. The molecule has 0 atom stereocenters. The monoisotopic (exact) mass is 527 g/mol. The predicted octanol–water partition coefficient (Wildman–Crippen LogP) is 4.90. The number of anilines is 2. The Morgan fingerprint density at radius 3 is 2.44 bits per heavy atom. The fourth-order valence-electron chi connectivity index (χ4n) is 3.50. The van der Waals surface area contributed by atoms with Crippen molar-refractivity contribution in [3.63, 3.8) is 0 Å². The van der Waals surface area contributed by atoms with E-state index in [4.69, 9.17) is 9.47 Å². The highest BCUT2D eigenvalue weighted by atomic mass is 32.2. The van der Waals surface area contributed by atoms with Crippen LogP contribution in [0.4, 0.5) is 17.1 Å². The lowest BCUT2D eigenvalue weighted by Crippen LogP contribution is -2.26. The van der Waals surface area contributed by atoms with Gasteiger partial charge in [0.15, 0.2) is 11.5 Å². The zero-order chi connectivity index (χ0) is 26.0. The van der Waals surface area contributed by atoms with Crippen LogP contribution < -0.4 is 19.1 Å². The SMILES string of the molecule is COc1ccc(S(=O)(=O)N(C)c2ccc3sc(C(=O)Nc4cccc([N+](=O)[O-])c4)cc3c2)cc1OC. The highest BCUT2D eigenvalue weighted by Crippen LogP contribution is 2.34. The number of hydrogen-bond acceptors (Lipinski definition) is 8. The second kappa shape index (κ2) is 9.84. The van der Waals surface area contributed by atoms with Gasteiger partial charge in [-0.25, -0.2) is 8.42 Å². The van der Waals surface area contributed by atoms with E-state index in [1.54, 1.807) is 30.3 Å². The number of ether oxygens (including phenoxy) is 2. The first-order valence-corrected chi connectivity index (χ1v) is 12.7. The predicted molar refractivity (Wildman–Crippen MR) is 138 cm³/mol. The summed E-state index contributed by atoms with van der Waals surface area (Å²) in [7, 11) is 0.418. The summed E-state index contributed by atoms with van der Waals surface area (Å²) in [5.41, 5.74) is 0.571. The molecule has 0 saturated carbocycles. The van der Waals surface area contributed by atoms with E-state index >= 15 is 0 Å². The van der Waals surface area contributed by atoms with Crippen molar-refractivity contribution in [1.82, 2.24) is 0 Å². The molecular formula is C24H21N3O7S2. The van der Waals surface area contributed by atoms with E-state index in [0.29, 0.717) is 33.1 Å². The number of fused-ring (bicyclic) bond motifs is 1. The second-order valence-electron chi connectivity index (χ2n) is 7.58. The molecule has 3 aromatic carbocycles. The third-order valence-corrected chi connectivity index (χ3v) is 8.31. The largest absolute Gasteiger partial charge is 0.493 e. The maximum absolute atomic E-state index is 13.2. The number of non-ortho nitro benzene ring substituents is 1. The quantitative estimate of drug-likeness (QED) is 0.255. The van der Waals surface area contributed by atoms with Crippen LogP contribution in [0, 0.1) is 10.1 Å². The summed E-state index contributed by atoms with van der Waals surface area (Å²) < 4.78 is 38.8. The molecule has 0 unspecified atom stereocenters. The number of nitrogens with one attached hydrogen (secondary N) is 1. The van der Waals surface area contributed by atoms with Crippen LogP contribution in [0.2, 0.25) is 0 Å². The number of carbonyl (C=O) groups is 1. The molecule has 0 aliphatic rings. The molecule has 1 aromatic heterocycles. The minimum atomic E-state index is -3.91. The Bertz CT molecular complexity index is 1580. The van der Waals surface area contributed by atoms with Crippen LogP contribution in [0.3, 0.4) is 0 Å². The van der Waals surface area contributed by atoms with Crippen LogP contribution in [0.25, 0.3) is 10.1 Å². The second-order valence-corrected chi connectivity index (χ2v) is 10.6. The number of nitro groups is 1. The summed E-state index contributed by atoms with van der Waals surface area (Å²) in [5.74, 6) is 0.277. The van der Waals surface area contributed by atoms with Gasteiger partial charge < -0.3 is 14.8 Å². The van der Waals surface area contributed by atoms with Crippen molar-refractivity contribution in [2.24, 2.45) is 0 Å². The number of benzene rings is 3. The smallest absolute Gasteiger partial charge is 0.271 e. The van der Waals surface area contributed by atoms with Crippen molar-refractivity contribution >= 4 is 54.4 Å². The van der Waals surface area contributed by atoms with Gasteiger partial charge in [-0.1, -0.05) is 6.07 Å². The van der Waals surface area contributed by atoms with E-state index in [1.165, 1.54) is 69.0 Å². The zero-order valence-corrected chi connectivity index (χ0v) is 21.1. The molecule has 1 N–H and O–H groups in total. The molecule has 36 heavy (non-hydrogen) atoms. The normalized spacial score (nSPS) is 11.2. The van der Waals surface area contributed by atoms with E-state index in [9.17, 15) is 23.3 Å². The average molecular weight is 528 g/mol. The van der Waals surface area contributed by atoms with Gasteiger partial charge in [0.05, 0.1) is 34.6 Å². The lowest BCUT2D eigenvalue weighted by Gasteiger charge is -2.20. The Hall–Kier alpha value is -4.16. The summed E-state index contributed by atoms with van der Waals surface area (Å²) in [6.45, 7) is 0. The van der Waals surface area contributed by atoms with Gasteiger partial charge in [0, 0.05) is 35.6 Å². The summed E-state index contributed by atoms with van der Waals surface area (Å²) in [6, 6.07) is 16.7. The molecule has 0 fully saturated rings. The van der Waals surface area contributed by atoms with Crippen LogP contribution in [-0.2, 0) is 10.0 Å². The van der Waals surface area contributed by atoms with Gasteiger partial charge in [-0.3, -0.25) is 19.2 Å². The average Bonchev–Trinajstić information content (AvgIpc) is 3.31. The summed E-state index contributed by atoms with van der Waals surface area (Å²) >= 11 is 1.22. The molecule has 12 heteroatoms. The van der Waals surface area contributed by atoms with Crippen LogP contribution in [-0.4, -0.2) is 40.5 Å². The zero-order valence-electron chi connectivity index (χ0n) is 19.4. The topological polar surface area (TPSA) is 128 Å². The van der Waals surface area contributed by atoms with Crippen molar-refractivity contribution in [3.05, 3.63) is 81.7 Å². The number of methoxy groups -OCH3 is 2. The number of hydrogen-bond donors (Lipinski definition) is 1. The van der Waals surface area contributed by atoms with Crippen LogP contribution in [0.5, 0.6) is 11.5 Å². The summed E-state index contributed by atoms with van der Waals surface area (Å²) in [5, 5.41) is 14.3. The van der Waals surface area contributed by atoms with Crippen molar-refractivity contribution in [3.8, 4) is 11.5 Å². The Balaban J connectivity index is 1.60. The van der Waals surface area contributed by atoms with Gasteiger partial charge in [0.2, 0.25) is 0 Å². The molecule has 0 aliphatic carbocycles. The lowest BCUT2D eigenvalue weighted by atomic mass is 10.2. The van der Waals surface area contributed by atoms with Crippen LogP contribution in [0.1, 0.15) is 9.67 Å². The minimum absolute atomic E-state index is 0.0325. The Labute approximate surface area is 210 Å². The standard InChI is InChI=1S/C24H21N3O7S2/c1-26(36(31,32)19-8-9-20(33-2)21(14-19)34-3)17-7-10-22-15(11-17)12-23(35-22)24(28)25-16-5-4-6-18(13-16)27(29)30/h4-14H,1-3H3,(H,25,28). The Morgan fingerprint density at radius 1 is 1.00 bits per heavy atom. The van der Waals surface area contributed by atoms with Gasteiger partial charge >= 0.3 is 0 Å². The molecule has 0 spiro atoms. The number of nitro benzene ring substituents is 1. The van der Waals surface area contributed by atoms with Crippen molar-refractivity contribution in [1.29, 1.82) is 0 Å². The summed E-state index contributed by atoms with van der Waals surface area (Å²) in [4.78, 5) is 23.6. The molecule has 186 valence electrons. The van der Waals surface area contributed by atoms with Gasteiger partial charge in [0.1, 0.15) is 0 Å². The molecule has 0 bridgehead atoms. The highest BCUT2D eigenvalue weighted by Gasteiger charge is 2.24. The number of carbonyl (C=O) groups excluding carboxylic acids is 1. The molecule has 0 aliphatic heterocycles. The fraction of sp³-hybridized carbons (Fsp3) is 0.125. The minimum Gasteiger partial charge on any atom is -0.493 e. The highest BCUT2D eigenvalue weighted by molar-refractivity contribution is 7.92. The number of rotatable bonds is 8. The lowest BCUT2D eigenvalue weighted by molar-refractivity contribution is -0.384. The van der Waals surface area contributed by atoms with E-state index in [-0.39, 0.29) is 10.6 Å². The van der Waals surface area contributed by atoms with Crippen molar-refractivity contribution in [2.75, 3.05) is 30.9 Å². The molecule has 1 heterocycles. The van der Waals surface area contributed by atoms with Crippen molar-refractivity contribution < 1.29 is 27.6 Å². The third kappa shape index (κ3) is 4.81. The first kappa shape index (κ1) is 24.9. The van der Waals surface area contributed by atoms with Gasteiger partial charge in [0.25, 0.3) is 21.6 Å². The van der Waals surface area contributed by atoms with Crippen LogP contribution >= 0.6 is 11.3 Å². The maximum Gasteiger partial charge on any atom is 0.271 e. The van der Waals surface area contributed by atoms with Gasteiger partial charge in [-0.15, -0.1) is 11.3 Å². The molecule has 4 aromatic rings. The van der Waals surface area contributed by atoms with E-state index in [1.807, 2.05) is 0 Å². The van der Waals surface area contributed by atoms with E-state index in [2.05, 4.69) is 5.32 Å². The molecule has 10 nitrogen and oxygen atoms in total. The molecule has 0 radical (unpaired) electrons. The number of thiophene rings is 1. The maximum atomic E-state index is 13.2. The first-order chi connectivity index (χ1) is 17.1. The van der Waals surface area contributed by atoms with Gasteiger partial charge in [-0.05, 0) is 47.9 Å². The van der Waals surface area contributed by atoms with Crippen LogP contribution in [0.15, 0.2) is 71.6 Å².